The standard InChI is InChI=1S/C20H21N5O/c21-19-4-1-15(13-24-19)11-14-5-9-25(10-6-14)20(26)16-2-3-17-18(12-16)23-8-7-22-17/h1-4,7-8,12-14H,5-6,9-11H2,(H2,21,24). The fourth-order valence-electron chi connectivity index (χ4n) is 3.51. The number of likely N-dealkylation sites (tertiary alicyclic amines) is 1. The van der Waals surface area contributed by atoms with Gasteiger partial charge >= 0.3 is 0 Å². The van der Waals surface area contributed by atoms with Crippen molar-refractivity contribution in [3.63, 3.8) is 0 Å². The third-order valence-electron chi connectivity index (χ3n) is 4.99. The van der Waals surface area contributed by atoms with Crippen molar-refractivity contribution in [3.8, 4) is 0 Å². The van der Waals surface area contributed by atoms with E-state index in [9.17, 15) is 4.79 Å². The summed E-state index contributed by atoms with van der Waals surface area (Å²) in [6.45, 7) is 1.56. The SMILES string of the molecule is Nc1ccc(CC2CCN(C(=O)c3ccc4nccnc4c3)CC2)cn1. The van der Waals surface area contributed by atoms with Crippen LogP contribution >= 0.6 is 0 Å². The fraction of sp³-hybridized carbons (Fsp3) is 0.300. The van der Waals surface area contributed by atoms with Gasteiger partial charge in [0.1, 0.15) is 5.82 Å². The number of hydrogen-bond acceptors (Lipinski definition) is 5. The van der Waals surface area contributed by atoms with Gasteiger partial charge < -0.3 is 10.6 Å². The Kier molecular flexibility index (Phi) is 4.48. The number of rotatable bonds is 3. The van der Waals surface area contributed by atoms with Gasteiger partial charge in [0.05, 0.1) is 11.0 Å². The third kappa shape index (κ3) is 3.49. The van der Waals surface area contributed by atoms with Crippen molar-refractivity contribution in [1.29, 1.82) is 0 Å². The molecule has 2 N–H and O–H groups in total. The molecule has 0 saturated carbocycles. The molecule has 1 amide bonds. The second-order valence-electron chi connectivity index (χ2n) is 6.79. The predicted molar refractivity (Wildman–Crippen MR) is 101 cm³/mol. The molecule has 1 fully saturated rings. The van der Waals surface area contributed by atoms with Crippen LogP contribution in [0.4, 0.5) is 5.82 Å². The number of anilines is 1. The van der Waals surface area contributed by atoms with E-state index in [1.807, 2.05) is 41.4 Å². The number of benzene rings is 1. The Morgan fingerprint density at radius 3 is 2.54 bits per heavy atom. The second kappa shape index (κ2) is 7.07. The second-order valence-corrected chi connectivity index (χ2v) is 6.79. The molecule has 0 aliphatic carbocycles. The molecule has 3 heterocycles. The van der Waals surface area contributed by atoms with Crippen molar-refractivity contribution in [2.24, 2.45) is 5.92 Å². The Bertz CT molecular complexity index is 917. The Hall–Kier alpha value is -3.02. The molecule has 2 aromatic heterocycles. The highest BCUT2D eigenvalue weighted by molar-refractivity contribution is 5.97. The lowest BCUT2D eigenvalue weighted by Gasteiger charge is -2.32. The highest BCUT2D eigenvalue weighted by Crippen LogP contribution is 2.23. The first kappa shape index (κ1) is 16.4. The van der Waals surface area contributed by atoms with Gasteiger partial charge in [-0.1, -0.05) is 6.07 Å². The number of carbonyl (C=O) groups is 1. The quantitative estimate of drug-likeness (QED) is 0.787. The summed E-state index contributed by atoms with van der Waals surface area (Å²) >= 11 is 0. The van der Waals surface area contributed by atoms with E-state index in [4.69, 9.17) is 5.73 Å². The van der Waals surface area contributed by atoms with Gasteiger partial charge in [0.25, 0.3) is 5.91 Å². The van der Waals surface area contributed by atoms with E-state index in [0.29, 0.717) is 17.3 Å². The molecule has 1 saturated heterocycles. The van der Waals surface area contributed by atoms with Crippen LogP contribution in [0, 0.1) is 5.92 Å². The summed E-state index contributed by atoms with van der Waals surface area (Å²) in [5.74, 6) is 1.20. The first-order chi connectivity index (χ1) is 12.7. The number of amides is 1. The lowest BCUT2D eigenvalue weighted by Crippen LogP contribution is -2.38. The Balaban J connectivity index is 1.38. The summed E-state index contributed by atoms with van der Waals surface area (Å²) < 4.78 is 0. The van der Waals surface area contributed by atoms with E-state index in [-0.39, 0.29) is 5.91 Å². The highest BCUT2D eigenvalue weighted by Gasteiger charge is 2.24. The van der Waals surface area contributed by atoms with Crippen LogP contribution in [0.25, 0.3) is 11.0 Å². The van der Waals surface area contributed by atoms with Crippen LogP contribution in [0.3, 0.4) is 0 Å². The van der Waals surface area contributed by atoms with Crippen molar-refractivity contribution >= 4 is 22.8 Å². The zero-order valence-electron chi connectivity index (χ0n) is 14.5. The van der Waals surface area contributed by atoms with Crippen LogP contribution in [-0.2, 0) is 6.42 Å². The Morgan fingerprint density at radius 1 is 1.04 bits per heavy atom. The zero-order chi connectivity index (χ0) is 17.9. The van der Waals surface area contributed by atoms with E-state index >= 15 is 0 Å². The van der Waals surface area contributed by atoms with Gasteiger partial charge in [0.15, 0.2) is 0 Å². The number of aromatic nitrogens is 3. The monoisotopic (exact) mass is 347 g/mol. The molecule has 1 aliphatic rings. The van der Waals surface area contributed by atoms with Crippen molar-refractivity contribution in [2.45, 2.75) is 19.3 Å². The summed E-state index contributed by atoms with van der Waals surface area (Å²) in [5, 5.41) is 0. The first-order valence-electron chi connectivity index (χ1n) is 8.89. The maximum atomic E-state index is 12.8. The van der Waals surface area contributed by atoms with Crippen molar-refractivity contribution in [3.05, 3.63) is 60.0 Å². The largest absolute Gasteiger partial charge is 0.384 e. The zero-order valence-corrected chi connectivity index (χ0v) is 14.5. The van der Waals surface area contributed by atoms with Gasteiger partial charge in [0.2, 0.25) is 0 Å². The predicted octanol–water partition coefficient (Wildman–Crippen LogP) is 2.70. The van der Waals surface area contributed by atoms with Crippen LogP contribution in [0.1, 0.15) is 28.8 Å². The van der Waals surface area contributed by atoms with Gasteiger partial charge in [-0.15, -0.1) is 0 Å². The molecule has 0 bridgehead atoms. The number of nitrogens with zero attached hydrogens (tertiary/aromatic N) is 4. The molecular weight excluding hydrogens is 326 g/mol. The lowest BCUT2D eigenvalue weighted by molar-refractivity contribution is 0.0690. The topological polar surface area (TPSA) is 85.0 Å². The Morgan fingerprint density at radius 2 is 1.81 bits per heavy atom. The summed E-state index contributed by atoms with van der Waals surface area (Å²) in [6.07, 6.45) is 8.15. The van der Waals surface area contributed by atoms with Crippen molar-refractivity contribution in [1.82, 2.24) is 19.9 Å². The van der Waals surface area contributed by atoms with Crippen LogP contribution < -0.4 is 5.73 Å². The molecule has 1 aliphatic heterocycles. The number of pyridine rings is 1. The fourth-order valence-corrected chi connectivity index (χ4v) is 3.51. The number of carbonyl (C=O) groups excluding carboxylic acids is 1. The molecule has 6 heteroatoms. The average Bonchev–Trinajstić information content (AvgIpc) is 2.69. The number of nitrogens with two attached hydrogens (primary N) is 1. The molecule has 0 unspecified atom stereocenters. The summed E-state index contributed by atoms with van der Waals surface area (Å²) in [5.41, 5.74) is 9.08. The van der Waals surface area contributed by atoms with Gasteiger partial charge in [-0.2, -0.15) is 0 Å². The number of hydrogen-bond donors (Lipinski definition) is 1. The molecule has 3 aromatic rings. The van der Waals surface area contributed by atoms with Crippen molar-refractivity contribution in [2.75, 3.05) is 18.8 Å². The van der Waals surface area contributed by atoms with E-state index in [1.54, 1.807) is 12.4 Å². The summed E-state index contributed by atoms with van der Waals surface area (Å²) in [4.78, 5) is 27.4. The molecular formula is C20H21N5O. The van der Waals surface area contributed by atoms with Gasteiger partial charge in [-0.25, -0.2) is 4.98 Å². The van der Waals surface area contributed by atoms with E-state index in [2.05, 4.69) is 15.0 Å². The maximum absolute atomic E-state index is 12.8. The normalized spacial score (nSPS) is 15.3. The van der Waals surface area contributed by atoms with Crippen LogP contribution in [-0.4, -0.2) is 38.8 Å². The average molecular weight is 347 g/mol. The Labute approximate surface area is 152 Å². The first-order valence-corrected chi connectivity index (χ1v) is 8.89. The molecule has 0 atom stereocenters. The number of piperidine rings is 1. The smallest absolute Gasteiger partial charge is 0.253 e. The lowest BCUT2D eigenvalue weighted by atomic mass is 9.90. The molecule has 6 nitrogen and oxygen atoms in total. The molecule has 4 rings (SSSR count). The molecule has 0 spiro atoms. The minimum Gasteiger partial charge on any atom is -0.384 e. The number of fused-ring (bicyclic) bond motifs is 1. The van der Waals surface area contributed by atoms with Gasteiger partial charge in [0, 0.05) is 37.2 Å². The maximum Gasteiger partial charge on any atom is 0.253 e. The van der Waals surface area contributed by atoms with Crippen LogP contribution in [0.15, 0.2) is 48.9 Å². The molecule has 0 radical (unpaired) electrons. The van der Waals surface area contributed by atoms with E-state index in [0.717, 1.165) is 43.4 Å². The van der Waals surface area contributed by atoms with Gasteiger partial charge in [-0.3, -0.25) is 14.8 Å². The summed E-state index contributed by atoms with van der Waals surface area (Å²) in [6, 6.07) is 9.41. The highest BCUT2D eigenvalue weighted by atomic mass is 16.2. The van der Waals surface area contributed by atoms with E-state index < -0.39 is 0 Å². The van der Waals surface area contributed by atoms with Crippen molar-refractivity contribution < 1.29 is 4.79 Å². The molecule has 26 heavy (non-hydrogen) atoms. The summed E-state index contributed by atoms with van der Waals surface area (Å²) in [7, 11) is 0. The molecule has 132 valence electrons. The van der Waals surface area contributed by atoms with E-state index in [1.165, 1.54) is 5.56 Å². The third-order valence-corrected chi connectivity index (χ3v) is 4.99. The minimum absolute atomic E-state index is 0.0742. The minimum atomic E-state index is 0.0742. The van der Waals surface area contributed by atoms with Crippen LogP contribution in [0.5, 0.6) is 0 Å². The van der Waals surface area contributed by atoms with Crippen LogP contribution in [0.2, 0.25) is 0 Å². The van der Waals surface area contributed by atoms with Gasteiger partial charge in [-0.05, 0) is 55.0 Å². The number of nitrogen functional groups attached to an aromatic ring is 1. The molecule has 1 aromatic carbocycles.